The molecule has 1 aromatic carbocycles. The summed E-state index contributed by atoms with van der Waals surface area (Å²) in [6.45, 7) is 0. The van der Waals surface area contributed by atoms with Crippen molar-refractivity contribution in [2.45, 2.75) is 11.8 Å². The van der Waals surface area contributed by atoms with Crippen LogP contribution < -0.4 is 5.32 Å². The van der Waals surface area contributed by atoms with Crippen molar-refractivity contribution in [3.05, 3.63) is 47.9 Å². The molecule has 0 saturated heterocycles. The number of rotatable bonds is 4. The second kappa shape index (κ2) is 5.84. The Hall–Kier alpha value is -1.32. The minimum Gasteiger partial charge on any atom is -0.340 e. The van der Waals surface area contributed by atoms with E-state index in [1.165, 1.54) is 0 Å². The lowest BCUT2D eigenvalue weighted by atomic mass is 10.3. The van der Waals surface area contributed by atoms with Crippen LogP contribution in [0.2, 0.25) is 0 Å². The summed E-state index contributed by atoms with van der Waals surface area (Å²) in [5.41, 5.74) is 1.72. The molecule has 0 saturated carbocycles. The molecule has 0 atom stereocenters. The van der Waals surface area contributed by atoms with Crippen LogP contribution in [0.5, 0.6) is 0 Å². The molecule has 2 rings (SSSR count). The molecule has 2 aromatic rings. The molecular weight excluding hydrogens is 257 g/mol. The zero-order valence-electron chi connectivity index (χ0n) is 9.03. The minimum absolute atomic E-state index is 0.272. The first-order valence-electron chi connectivity index (χ1n) is 5.12. The molecule has 0 aliphatic rings. The first-order chi connectivity index (χ1) is 8.31. The van der Waals surface area contributed by atoms with Gasteiger partial charge in [-0.2, -0.15) is 0 Å². The van der Waals surface area contributed by atoms with Gasteiger partial charge in [-0.25, -0.2) is 9.97 Å². The molecular formula is C12H11Cl2N3. The Kier molecular flexibility index (Phi) is 4.18. The van der Waals surface area contributed by atoms with Crippen molar-refractivity contribution in [3.63, 3.8) is 0 Å². The molecule has 1 N–H and O–H groups in total. The van der Waals surface area contributed by atoms with Crippen LogP contribution in [-0.4, -0.2) is 9.97 Å². The van der Waals surface area contributed by atoms with Gasteiger partial charge in [-0.15, -0.1) is 23.2 Å². The van der Waals surface area contributed by atoms with Crippen molar-refractivity contribution in [1.82, 2.24) is 9.97 Å². The molecule has 3 nitrogen and oxygen atoms in total. The van der Waals surface area contributed by atoms with Gasteiger partial charge in [0.05, 0.1) is 17.5 Å². The summed E-state index contributed by atoms with van der Waals surface area (Å²) in [7, 11) is 0. The van der Waals surface area contributed by atoms with E-state index in [9.17, 15) is 0 Å². The lowest BCUT2D eigenvalue weighted by Gasteiger charge is -2.07. The highest BCUT2D eigenvalue weighted by molar-refractivity contribution is 6.17. The number of nitrogens with zero attached hydrogens (tertiary/aromatic N) is 2. The highest BCUT2D eigenvalue weighted by Crippen LogP contribution is 2.16. The normalized spacial score (nSPS) is 10.2. The maximum atomic E-state index is 5.77. The van der Waals surface area contributed by atoms with E-state index in [0.29, 0.717) is 17.5 Å². The molecule has 0 radical (unpaired) electrons. The number of nitrogens with one attached hydrogen (secondary N) is 1. The second-order valence-electron chi connectivity index (χ2n) is 3.42. The molecule has 0 aliphatic carbocycles. The van der Waals surface area contributed by atoms with Crippen LogP contribution in [0.15, 0.2) is 36.4 Å². The molecule has 0 bridgehead atoms. The number of para-hydroxylation sites is 1. The second-order valence-corrected chi connectivity index (χ2v) is 3.95. The van der Waals surface area contributed by atoms with E-state index in [2.05, 4.69) is 15.3 Å². The number of alkyl halides is 2. The number of hydrogen-bond donors (Lipinski definition) is 1. The van der Waals surface area contributed by atoms with Gasteiger partial charge < -0.3 is 5.32 Å². The number of anilines is 2. The van der Waals surface area contributed by atoms with Crippen LogP contribution in [0.3, 0.4) is 0 Å². The Morgan fingerprint density at radius 3 is 2.41 bits per heavy atom. The van der Waals surface area contributed by atoms with E-state index >= 15 is 0 Å². The van der Waals surface area contributed by atoms with Crippen molar-refractivity contribution < 1.29 is 0 Å². The van der Waals surface area contributed by atoms with Crippen molar-refractivity contribution in [3.8, 4) is 0 Å². The number of benzene rings is 1. The smallest absolute Gasteiger partial charge is 0.145 e. The maximum Gasteiger partial charge on any atom is 0.145 e. The lowest BCUT2D eigenvalue weighted by Crippen LogP contribution is -2.01. The quantitative estimate of drug-likeness (QED) is 0.859. The fourth-order valence-corrected chi connectivity index (χ4v) is 1.67. The van der Waals surface area contributed by atoms with Crippen LogP contribution in [0.25, 0.3) is 0 Å². The Labute approximate surface area is 110 Å². The summed E-state index contributed by atoms with van der Waals surface area (Å²) in [4.78, 5) is 8.48. The minimum atomic E-state index is 0.272. The highest BCUT2D eigenvalue weighted by atomic mass is 35.5. The van der Waals surface area contributed by atoms with Gasteiger partial charge in [0.25, 0.3) is 0 Å². The molecule has 0 spiro atoms. The third kappa shape index (κ3) is 3.32. The lowest BCUT2D eigenvalue weighted by molar-refractivity contribution is 0.987. The largest absolute Gasteiger partial charge is 0.340 e. The molecule has 17 heavy (non-hydrogen) atoms. The molecule has 1 aromatic heterocycles. The van der Waals surface area contributed by atoms with Gasteiger partial charge >= 0.3 is 0 Å². The molecule has 0 aliphatic heterocycles. The molecule has 0 fully saturated rings. The third-order valence-corrected chi connectivity index (χ3v) is 2.64. The van der Waals surface area contributed by atoms with E-state index in [-0.39, 0.29) is 5.88 Å². The third-order valence-electron chi connectivity index (χ3n) is 2.13. The Bertz CT molecular complexity index is 466. The topological polar surface area (TPSA) is 37.8 Å². The van der Waals surface area contributed by atoms with Gasteiger partial charge in [-0.1, -0.05) is 18.2 Å². The monoisotopic (exact) mass is 267 g/mol. The summed E-state index contributed by atoms with van der Waals surface area (Å²) in [6.07, 6.45) is 0. The van der Waals surface area contributed by atoms with E-state index in [1.807, 2.05) is 36.4 Å². The van der Waals surface area contributed by atoms with Gasteiger partial charge in [0.1, 0.15) is 11.6 Å². The fraction of sp³-hybridized carbons (Fsp3) is 0.167. The molecule has 0 amide bonds. The van der Waals surface area contributed by atoms with Gasteiger partial charge in [0.15, 0.2) is 0 Å². The van der Waals surface area contributed by atoms with Crippen molar-refractivity contribution in [1.29, 1.82) is 0 Å². The van der Waals surface area contributed by atoms with E-state index in [0.717, 1.165) is 11.4 Å². The van der Waals surface area contributed by atoms with Crippen LogP contribution in [0.1, 0.15) is 11.5 Å². The highest BCUT2D eigenvalue weighted by Gasteiger charge is 2.03. The standard InChI is InChI=1S/C12H11Cl2N3/c13-7-10-6-11(17-12(8-14)16-10)15-9-4-2-1-3-5-9/h1-6H,7-8H2,(H,15,16,17). The summed E-state index contributed by atoms with van der Waals surface area (Å²) < 4.78 is 0. The first-order valence-corrected chi connectivity index (χ1v) is 6.19. The first kappa shape index (κ1) is 12.1. The van der Waals surface area contributed by atoms with Crippen molar-refractivity contribution >= 4 is 34.7 Å². The van der Waals surface area contributed by atoms with Crippen molar-refractivity contribution in [2.24, 2.45) is 0 Å². The predicted molar refractivity (Wildman–Crippen MR) is 70.9 cm³/mol. The zero-order chi connectivity index (χ0) is 12.1. The van der Waals surface area contributed by atoms with Crippen molar-refractivity contribution in [2.75, 3.05) is 5.32 Å². The van der Waals surface area contributed by atoms with E-state index < -0.39 is 0 Å². The SMILES string of the molecule is ClCc1cc(Nc2ccccc2)nc(CCl)n1. The Morgan fingerprint density at radius 1 is 1.00 bits per heavy atom. The summed E-state index contributed by atoms with van der Waals surface area (Å²) >= 11 is 11.5. The van der Waals surface area contributed by atoms with Crippen LogP contribution in [-0.2, 0) is 11.8 Å². The average Bonchev–Trinajstić information content (AvgIpc) is 2.39. The fourth-order valence-electron chi connectivity index (χ4n) is 1.41. The van der Waals surface area contributed by atoms with E-state index in [4.69, 9.17) is 23.2 Å². The number of halogens is 2. The summed E-state index contributed by atoms with van der Waals surface area (Å²) in [6, 6.07) is 11.6. The molecule has 5 heteroatoms. The predicted octanol–water partition coefficient (Wildman–Crippen LogP) is 3.70. The van der Waals surface area contributed by atoms with Crippen LogP contribution >= 0.6 is 23.2 Å². The number of hydrogen-bond acceptors (Lipinski definition) is 3. The molecule has 88 valence electrons. The van der Waals surface area contributed by atoms with Gasteiger partial charge in [-0.05, 0) is 12.1 Å². The Balaban J connectivity index is 2.26. The zero-order valence-corrected chi connectivity index (χ0v) is 10.5. The van der Waals surface area contributed by atoms with Gasteiger partial charge in [0, 0.05) is 11.8 Å². The summed E-state index contributed by atoms with van der Waals surface area (Å²) in [5, 5.41) is 3.18. The van der Waals surface area contributed by atoms with Crippen LogP contribution in [0, 0.1) is 0 Å². The molecule has 0 unspecified atom stereocenters. The van der Waals surface area contributed by atoms with Crippen LogP contribution in [0.4, 0.5) is 11.5 Å². The van der Waals surface area contributed by atoms with Gasteiger partial charge in [-0.3, -0.25) is 0 Å². The molecule has 1 heterocycles. The summed E-state index contributed by atoms with van der Waals surface area (Å²) in [5.74, 6) is 1.89. The maximum absolute atomic E-state index is 5.77. The van der Waals surface area contributed by atoms with Gasteiger partial charge in [0.2, 0.25) is 0 Å². The number of aromatic nitrogens is 2. The average molecular weight is 268 g/mol. The Morgan fingerprint density at radius 2 is 1.76 bits per heavy atom. The van der Waals surface area contributed by atoms with E-state index in [1.54, 1.807) is 0 Å².